The molecule has 3 rings (SSSR count). The van der Waals surface area contributed by atoms with Gasteiger partial charge in [0.1, 0.15) is 17.8 Å². The van der Waals surface area contributed by atoms with Gasteiger partial charge in [-0.1, -0.05) is 43.7 Å². The number of nitrogens with two attached hydrogens (primary N) is 1. The van der Waals surface area contributed by atoms with E-state index in [1.54, 1.807) is 0 Å². The highest BCUT2D eigenvalue weighted by molar-refractivity contribution is 9.10. The van der Waals surface area contributed by atoms with Crippen molar-refractivity contribution in [1.29, 1.82) is 0 Å². The zero-order chi connectivity index (χ0) is 15.6. The first-order chi connectivity index (χ1) is 10.1. The second kappa shape index (κ2) is 6.26. The van der Waals surface area contributed by atoms with Crippen molar-refractivity contribution in [3.63, 3.8) is 0 Å². The Morgan fingerprint density at radius 3 is 2.33 bits per heavy atom. The summed E-state index contributed by atoms with van der Waals surface area (Å²) in [6.07, 6.45) is 1.49. The van der Waals surface area contributed by atoms with Gasteiger partial charge in [-0.3, -0.25) is 0 Å². The number of nitrogen functional groups attached to an aromatic ring is 1. The number of anilines is 1. The van der Waals surface area contributed by atoms with Crippen LogP contribution in [0.1, 0.15) is 19.4 Å². The summed E-state index contributed by atoms with van der Waals surface area (Å²) >= 11 is 3.62. The molecule has 3 aromatic rings. The highest BCUT2D eigenvalue weighted by Crippen LogP contribution is 2.38. The minimum Gasteiger partial charge on any atom is -0.383 e. The zero-order valence-electron chi connectivity index (χ0n) is 12.7. The van der Waals surface area contributed by atoms with Crippen LogP contribution in [0.15, 0.2) is 35.2 Å². The second-order valence-electron chi connectivity index (χ2n) is 4.55. The van der Waals surface area contributed by atoms with Gasteiger partial charge in [0, 0.05) is 12.6 Å². The number of aryl methyl sites for hydroxylation is 2. The molecule has 1 aromatic carbocycles. The Labute approximate surface area is 133 Å². The molecule has 2 N–H and O–H groups in total. The molecule has 2 heterocycles. The van der Waals surface area contributed by atoms with Crippen LogP contribution in [-0.2, 0) is 7.05 Å². The highest BCUT2D eigenvalue weighted by atomic mass is 79.9. The molecule has 0 aliphatic heterocycles. The SMILES string of the molecule is CC.Cc1ccc(-c2c(Br)n(C)c3ncnc(N)c23)cc1. The van der Waals surface area contributed by atoms with Crippen LogP contribution in [0.4, 0.5) is 5.82 Å². The molecular weight excluding hydrogens is 328 g/mol. The molecule has 0 amide bonds. The minimum absolute atomic E-state index is 0.502. The van der Waals surface area contributed by atoms with Crippen LogP contribution in [0.3, 0.4) is 0 Å². The number of halogens is 1. The molecule has 0 unspecified atom stereocenters. The molecule has 4 nitrogen and oxygen atoms in total. The van der Waals surface area contributed by atoms with Gasteiger partial charge in [-0.15, -0.1) is 0 Å². The summed E-state index contributed by atoms with van der Waals surface area (Å²) in [7, 11) is 1.95. The van der Waals surface area contributed by atoms with Crippen molar-refractivity contribution in [2.45, 2.75) is 20.8 Å². The predicted octanol–water partition coefficient (Wildman–Crippen LogP) is 4.31. The van der Waals surface area contributed by atoms with E-state index in [1.165, 1.54) is 11.9 Å². The van der Waals surface area contributed by atoms with Crippen LogP contribution in [0.25, 0.3) is 22.2 Å². The average Bonchev–Trinajstić information content (AvgIpc) is 2.76. The largest absolute Gasteiger partial charge is 0.383 e. The van der Waals surface area contributed by atoms with E-state index in [9.17, 15) is 0 Å². The number of aromatic nitrogens is 3. The van der Waals surface area contributed by atoms with Crippen LogP contribution in [0.5, 0.6) is 0 Å². The Hall–Kier alpha value is -1.88. The third kappa shape index (κ3) is 2.65. The van der Waals surface area contributed by atoms with Crippen molar-refractivity contribution in [3.8, 4) is 11.1 Å². The van der Waals surface area contributed by atoms with E-state index in [4.69, 9.17) is 5.73 Å². The van der Waals surface area contributed by atoms with Crippen LogP contribution >= 0.6 is 15.9 Å². The second-order valence-corrected chi connectivity index (χ2v) is 5.30. The lowest BCUT2D eigenvalue weighted by Gasteiger charge is -2.03. The number of fused-ring (bicyclic) bond motifs is 1. The third-order valence-corrected chi connectivity index (χ3v) is 4.19. The van der Waals surface area contributed by atoms with Gasteiger partial charge >= 0.3 is 0 Å². The Morgan fingerprint density at radius 2 is 1.71 bits per heavy atom. The summed E-state index contributed by atoms with van der Waals surface area (Å²) < 4.78 is 2.93. The third-order valence-electron chi connectivity index (χ3n) is 3.27. The minimum atomic E-state index is 0.502. The molecule has 0 fully saturated rings. The van der Waals surface area contributed by atoms with Crippen LogP contribution in [0.2, 0.25) is 0 Å². The van der Waals surface area contributed by atoms with Crippen molar-refractivity contribution in [3.05, 3.63) is 40.8 Å². The topological polar surface area (TPSA) is 56.7 Å². The summed E-state index contributed by atoms with van der Waals surface area (Å²) in [5, 5.41) is 0.890. The van der Waals surface area contributed by atoms with Crippen LogP contribution in [-0.4, -0.2) is 14.5 Å². The van der Waals surface area contributed by atoms with Gasteiger partial charge in [0.15, 0.2) is 0 Å². The quantitative estimate of drug-likeness (QED) is 0.713. The fourth-order valence-corrected chi connectivity index (χ4v) is 2.83. The molecule has 0 spiro atoms. The summed E-state index contributed by atoms with van der Waals surface area (Å²) in [6, 6.07) is 8.34. The van der Waals surface area contributed by atoms with E-state index in [0.717, 1.165) is 26.8 Å². The van der Waals surface area contributed by atoms with Gasteiger partial charge in [-0.2, -0.15) is 0 Å². The van der Waals surface area contributed by atoms with E-state index < -0.39 is 0 Å². The van der Waals surface area contributed by atoms with Crippen LogP contribution < -0.4 is 5.73 Å². The molecule has 0 bridgehead atoms. The molecule has 0 atom stereocenters. The van der Waals surface area contributed by atoms with Crippen molar-refractivity contribution >= 4 is 32.8 Å². The Morgan fingerprint density at radius 1 is 1.10 bits per heavy atom. The Bertz CT molecular complexity index is 760. The van der Waals surface area contributed by atoms with Crippen molar-refractivity contribution in [2.24, 2.45) is 7.05 Å². The lowest BCUT2D eigenvalue weighted by molar-refractivity contribution is 0.920. The van der Waals surface area contributed by atoms with Crippen molar-refractivity contribution < 1.29 is 0 Å². The number of hydrogen-bond acceptors (Lipinski definition) is 3. The van der Waals surface area contributed by atoms with Gasteiger partial charge < -0.3 is 10.3 Å². The fraction of sp³-hybridized carbons (Fsp3) is 0.250. The molecule has 110 valence electrons. The van der Waals surface area contributed by atoms with Gasteiger partial charge in [0.05, 0.1) is 9.99 Å². The number of rotatable bonds is 1. The average molecular weight is 347 g/mol. The predicted molar refractivity (Wildman–Crippen MR) is 92.1 cm³/mol. The summed E-state index contributed by atoms with van der Waals surface area (Å²) in [6.45, 7) is 6.07. The fourth-order valence-electron chi connectivity index (χ4n) is 2.23. The first-order valence-electron chi connectivity index (χ1n) is 6.91. The van der Waals surface area contributed by atoms with Gasteiger partial charge in [0.2, 0.25) is 0 Å². The van der Waals surface area contributed by atoms with Crippen molar-refractivity contribution in [2.75, 3.05) is 5.73 Å². The van der Waals surface area contributed by atoms with Crippen molar-refractivity contribution in [1.82, 2.24) is 14.5 Å². The van der Waals surface area contributed by atoms with Gasteiger partial charge in [-0.25, -0.2) is 9.97 Å². The maximum atomic E-state index is 6.02. The highest BCUT2D eigenvalue weighted by Gasteiger charge is 2.18. The Kier molecular flexibility index (Phi) is 4.63. The molecule has 5 heteroatoms. The maximum Gasteiger partial charge on any atom is 0.146 e. The van der Waals surface area contributed by atoms with E-state index >= 15 is 0 Å². The first kappa shape index (κ1) is 15.5. The normalized spacial score (nSPS) is 10.3. The first-order valence-corrected chi connectivity index (χ1v) is 7.70. The monoisotopic (exact) mass is 346 g/mol. The Balaban J connectivity index is 0.000000774. The molecule has 0 saturated carbocycles. The van der Waals surface area contributed by atoms with Gasteiger partial charge in [0.25, 0.3) is 0 Å². The smallest absolute Gasteiger partial charge is 0.146 e. The summed E-state index contributed by atoms with van der Waals surface area (Å²) in [5.74, 6) is 0.502. The molecule has 0 radical (unpaired) electrons. The standard InChI is InChI=1S/C14H13BrN4.C2H6/c1-8-3-5-9(6-4-8)10-11-13(16)17-7-18-14(11)19(2)12(10)15;1-2/h3-7H,1-2H3,(H2,16,17,18);1-2H3. The lowest BCUT2D eigenvalue weighted by atomic mass is 10.0. The molecule has 0 aliphatic rings. The van der Waals surface area contributed by atoms with Crippen LogP contribution in [0, 0.1) is 6.92 Å². The molecular formula is C16H19BrN4. The van der Waals surface area contributed by atoms with E-state index in [1.807, 2.05) is 25.5 Å². The number of nitrogens with zero attached hydrogens (tertiary/aromatic N) is 3. The molecule has 0 aliphatic carbocycles. The van der Waals surface area contributed by atoms with E-state index in [2.05, 4.69) is 57.1 Å². The van der Waals surface area contributed by atoms with E-state index in [0.29, 0.717) is 5.82 Å². The number of hydrogen-bond donors (Lipinski definition) is 1. The van der Waals surface area contributed by atoms with E-state index in [-0.39, 0.29) is 0 Å². The summed E-state index contributed by atoms with van der Waals surface area (Å²) in [4.78, 5) is 8.41. The molecule has 2 aromatic heterocycles. The lowest BCUT2D eigenvalue weighted by Crippen LogP contribution is -1.94. The molecule has 0 saturated heterocycles. The number of benzene rings is 1. The summed E-state index contributed by atoms with van der Waals surface area (Å²) in [5.41, 5.74) is 10.2. The molecule has 21 heavy (non-hydrogen) atoms. The zero-order valence-corrected chi connectivity index (χ0v) is 14.3. The van der Waals surface area contributed by atoms with Gasteiger partial charge in [-0.05, 0) is 28.4 Å². The maximum absolute atomic E-state index is 6.02.